The van der Waals surface area contributed by atoms with Crippen LogP contribution in [0, 0.1) is 19.8 Å². The summed E-state index contributed by atoms with van der Waals surface area (Å²) in [6.45, 7) is 7.67. The lowest BCUT2D eigenvalue weighted by atomic mass is 10.0. The maximum absolute atomic E-state index is 12.5. The van der Waals surface area contributed by atoms with Gasteiger partial charge in [0.25, 0.3) is 0 Å². The number of aromatic nitrogens is 3. The zero-order chi connectivity index (χ0) is 20.9. The normalized spacial score (nSPS) is 18.7. The van der Waals surface area contributed by atoms with Crippen molar-refractivity contribution in [2.75, 3.05) is 25.4 Å². The Morgan fingerprint density at radius 2 is 1.90 bits per heavy atom. The molecule has 1 amide bonds. The van der Waals surface area contributed by atoms with Crippen LogP contribution < -0.4 is 5.32 Å². The number of benzene rings is 1. The average molecular weight is 428 g/mol. The molecule has 0 atom stereocenters. The molecule has 1 N–H and O–H groups in total. The molecule has 1 aliphatic heterocycles. The minimum atomic E-state index is 0.0869. The van der Waals surface area contributed by atoms with E-state index in [-0.39, 0.29) is 5.91 Å². The van der Waals surface area contributed by atoms with Crippen molar-refractivity contribution in [2.45, 2.75) is 63.6 Å². The van der Waals surface area contributed by atoms with Gasteiger partial charge in [0.05, 0.1) is 5.75 Å². The quantitative estimate of drug-likeness (QED) is 0.682. The third-order valence-corrected chi connectivity index (χ3v) is 7.50. The number of amides is 1. The van der Waals surface area contributed by atoms with Gasteiger partial charge in [-0.25, -0.2) is 0 Å². The molecule has 1 saturated heterocycles. The van der Waals surface area contributed by atoms with Gasteiger partial charge in [-0.05, 0) is 68.7 Å². The van der Waals surface area contributed by atoms with E-state index < -0.39 is 0 Å². The van der Waals surface area contributed by atoms with Gasteiger partial charge >= 0.3 is 0 Å². The summed E-state index contributed by atoms with van der Waals surface area (Å²) >= 11 is 1.44. The molecule has 1 saturated carbocycles. The SMILES string of the molecule is Cc1ccc(-n2cnnc2SCC(=O)NC2CCN(CC3CCCC3)CC2)cc1C. The number of aryl methyl sites for hydroxylation is 2. The van der Waals surface area contributed by atoms with Crippen LogP contribution in [0.4, 0.5) is 0 Å². The Morgan fingerprint density at radius 3 is 2.63 bits per heavy atom. The lowest BCUT2D eigenvalue weighted by molar-refractivity contribution is -0.119. The van der Waals surface area contributed by atoms with Crippen LogP contribution >= 0.6 is 11.8 Å². The molecular formula is C23H33N5OS. The van der Waals surface area contributed by atoms with Crippen LogP contribution in [-0.4, -0.2) is 57.0 Å². The Bertz CT molecular complexity index is 853. The van der Waals surface area contributed by atoms with Crippen LogP contribution in [0.2, 0.25) is 0 Å². The summed E-state index contributed by atoms with van der Waals surface area (Å²) < 4.78 is 1.95. The predicted molar refractivity (Wildman–Crippen MR) is 121 cm³/mol. The summed E-state index contributed by atoms with van der Waals surface area (Å²) in [6, 6.07) is 6.60. The first-order valence-corrected chi connectivity index (χ1v) is 12.2. The maximum atomic E-state index is 12.5. The number of rotatable bonds is 7. The molecule has 0 radical (unpaired) electrons. The van der Waals surface area contributed by atoms with E-state index in [1.165, 1.54) is 55.1 Å². The van der Waals surface area contributed by atoms with E-state index in [1.807, 2.05) is 4.57 Å². The van der Waals surface area contributed by atoms with Crippen LogP contribution in [-0.2, 0) is 4.79 Å². The van der Waals surface area contributed by atoms with Gasteiger partial charge in [0.2, 0.25) is 5.91 Å². The number of carbonyl (C=O) groups excluding carboxylic acids is 1. The topological polar surface area (TPSA) is 63.1 Å². The Kier molecular flexibility index (Phi) is 7.10. The fourth-order valence-electron chi connectivity index (χ4n) is 4.59. The van der Waals surface area contributed by atoms with Gasteiger partial charge in [0, 0.05) is 31.4 Å². The van der Waals surface area contributed by atoms with Gasteiger partial charge in [-0.1, -0.05) is 30.7 Å². The maximum Gasteiger partial charge on any atom is 0.230 e. The standard InChI is InChI=1S/C23H33N5OS/c1-17-7-8-21(13-18(17)2)28-16-24-26-23(28)30-15-22(29)25-20-9-11-27(12-10-20)14-19-5-3-4-6-19/h7-8,13,16,19-20H,3-6,9-12,14-15H2,1-2H3,(H,25,29). The number of nitrogens with zero attached hydrogens (tertiary/aromatic N) is 4. The Morgan fingerprint density at radius 1 is 1.13 bits per heavy atom. The van der Waals surface area contributed by atoms with E-state index >= 15 is 0 Å². The van der Waals surface area contributed by atoms with Crippen molar-refractivity contribution in [1.29, 1.82) is 0 Å². The fourth-order valence-corrected chi connectivity index (χ4v) is 5.33. The average Bonchev–Trinajstić information content (AvgIpc) is 3.42. The third-order valence-electron chi connectivity index (χ3n) is 6.56. The number of hydrogen-bond acceptors (Lipinski definition) is 5. The number of likely N-dealkylation sites (tertiary alicyclic amines) is 1. The van der Waals surface area contributed by atoms with E-state index in [0.717, 1.165) is 42.7 Å². The lowest BCUT2D eigenvalue weighted by Crippen LogP contribution is -2.46. The van der Waals surface area contributed by atoms with E-state index in [4.69, 9.17) is 0 Å². The second-order valence-corrected chi connectivity index (χ2v) is 9.78. The molecule has 2 fully saturated rings. The van der Waals surface area contributed by atoms with Crippen LogP contribution in [0.25, 0.3) is 5.69 Å². The van der Waals surface area contributed by atoms with Crippen molar-refractivity contribution in [3.05, 3.63) is 35.7 Å². The largest absolute Gasteiger partial charge is 0.353 e. The fraction of sp³-hybridized carbons (Fsp3) is 0.609. The molecule has 2 aliphatic rings. The van der Waals surface area contributed by atoms with Crippen LogP contribution in [0.1, 0.15) is 49.7 Å². The zero-order valence-corrected chi connectivity index (χ0v) is 19.0. The number of nitrogens with one attached hydrogen (secondary N) is 1. The molecule has 4 rings (SSSR count). The van der Waals surface area contributed by atoms with E-state index in [2.05, 4.69) is 52.5 Å². The van der Waals surface area contributed by atoms with Crippen molar-refractivity contribution in [1.82, 2.24) is 25.0 Å². The lowest BCUT2D eigenvalue weighted by Gasteiger charge is -2.33. The summed E-state index contributed by atoms with van der Waals surface area (Å²) in [6.07, 6.45) is 9.45. The second-order valence-electron chi connectivity index (χ2n) is 8.83. The minimum absolute atomic E-state index is 0.0869. The summed E-state index contributed by atoms with van der Waals surface area (Å²) in [4.78, 5) is 15.1. The van der Waals surface area contributed by atoms with E-state index in [9.17, 15) is 4.79 Å². The summed E-state index contributed by atoms with van der Waals surface area (Å²) in [7, 11) is 0. The number of piperidine rings is 1. The summed E-state index contributed by atoms with van der Waals surface area (Å²) in [5.41, 5.74) is 3.52. The molecule has 2 aromatic rings. The molecule has 0 spiro atoms. The molecule has 1 aliphatic carbocycles. The Hall–Kier alpha value is -1.86. The molecule has 1 aromatic heterocycles. The van der Waals surface area contributed by atoms with Gasteiger partial charge in [0.15, 0.2) is 5.16 Å². The van der Waals surface area contributed by atoms with Crippen molar-refractivity contribution in [2.24, 2.45) is 5.92 Å². The van der Waals surface area contributed by atoms with E-state index in [0.29, 0.717) is 11.8 Å². The minimum Gasteiger partial charge on any atom is -0.353 e. The predicted octanol–water partition coefficient (Wildman–Crippen LogP) is 3.75. The highest BCUT2D eigenvalue weighted by Crippen LogP contribution is 2.26. The zero-order valence-electron chi connectivity index (χ0n) is 18.1. The van der Waals surface area contributed by atoms with E-state index in [1.54, 1.807) is 6.33 Å². The van der Waals surface area contributed by atoms with Gasteiger partial charge < -0.3 is 10.2 Å². The Balaban J connectivity index is 1.23. The highest BCUT2D eigenvalue weighted by molar-refractivity contribution is 7.99. The Labute approximate surface area is 183 Å². The molecule has 0 bridgehead atoms. The molecule has 6 nitrogen and oxygen atoms in total. The van der Waals surface area contributed by atoms with Gasteiger partial charge in [-0.2, -0.15) is 0 Å². The monoisotopic (exact) mass is 427 g/mol. The van der Waals surface area contributed by atoms with Crippen molar-refractivity contribution >= 4 is 17.7 Å². The van der Waals surface area contributed by atoms with Gasteiger partial charge in [-0.3, -0.25) is 9.36 Å². The van der Waals surface area contributed by atoms with Crippen LogP contribution in [0.5, 0.6) is 0 Å². The molecule has 0 unspecified atom stereocenters. The first-order valence-electron chi connectivity index (χ1n) is 11.2. The van der Waals surface area contributed by atoms with Crippen LogP contribution in [0.3, 0.4) is 0 Å². The third kappa shape index (κ3) is 5.43. The number of carbonyl (C=O) groups is 1. The second kappa shape index (κ2) is 9.96. The number of hydrogen-bond donors (Lipinski definition) is 1. The van der Waals surface area contributed by atoms with Crippen LogP contribution in [0.15, 0.2) is 29.7 Å². The highest BCUT2D eigenvalue weighted by Gasteiger charge is 2.24. The smallest absolute Gasteiger partial charge is 0.230 e. The summed E-state index contributed by atoms with van der Waals surface area (Å²) in [5.74, 6) is 1.36. The molecule has 162 valence electrons. The molecule has 2 heterocycles. The molecule has 7 heteroatoms. The van der Waals surface area contributed by atoms with Crippen molar-refractivity contribution in [3.63, 3.8) is 0 Å². The first-order chi connectivity index (χ1) is 14.6. The first kappa shape index (κ1) is 21.4. The van der Waals surface area contributed by atoms with Crippen molar-refractivity contribution in [3.8, 4) is 5.69 Å². The summed E-state index contributed by atoms with van der Waals surface area (Å²) in [5, 5.41) is 12.2. The molecule has 30 heavy (non-hydrogen) atoms. The van der Waals surface area contributed by atoms with Gasteiger partial charge in [0.1, 0.15) is 6.33 Å². The van der Waals surface area contributed by atoms with Crippen molar-refractivity contribution < 1.29 is 4.79 Å². The van der Waals surface area contributed by atoms with Gasteiger partial charge in [-0.15, -0.1) is 10.2 Å². The molecular weight excluding hydrogens is 394 g/mol. The number of thioether (sulfide) groups is 1. The highest BCUT2D eigenvalue weighted by atomic mass is 32.2. The molecule has 1 aromatic carbocycles.